The first-order valence-corrected chi connectivity index (χ1v) is 9.32. The summed E-state index contributed by atoms with van der Waals surface area (Å²) in [6.45, 7) is 6.90. The number of thiocarbonyl (C=S) groups is 1. The number of esters is 1. The van der Waals surface area contributed by atoms with Crippen LogP contribution < -0.4 is 20.2 Å². The van der Waals surface area contributed by atoms with Gasteiger partial charge in [0, 0.05) is 6.54 Å². The highest BCUT2D eigenvalue weighted by molar-refractivity contribution is 14.1. The zero-order valence-electron chi connectivity index (χ0n) is 14.4. The molecule has 0 unspecified atom stereocenters. The first kappa shape index (κ1) is 21.4. The molecule has 138 valence electrons. The Labute approximate surface area is 166 Å². The van der Waals surface area contributed by atoms with Gasteiger partial charge < -0.3 is 19.5 Å². The normalized spacial score (nSPS) is 10.4. The Morgan fingerprint density at radius 2 is 2.04 bits per heavy atom. The van der Waals surface area contributed by atoms with Gasteiger partial charge in [0.15, 0.2) is 23.2 Å². The number of ether oxygens (including phenoxy) is 3. The molecule has 1 aromatic rings. The molecule has 9 heteroatoms. The summed E-state index contributed by atoms with van der Waals surface area (Å²) in [6.07, 6.45) is 1.63. The second kappa shape index (κ2) is 11.9. The molecule has 0 saturated carbocycles. The first-order chi connectivity index (χ1) is 12.0. The van der Waals surface area contributed by atoms with E-state index in [1.807, 2.05) is 19.9 Å². The standard InChI is InChI=1S/C16H22IN3O4S/c1-4-18-16(25)20-19-9-11-7-12(17)15(13(8-11)22-5-2)24-10-14(21)23-6-3/h7-9H,4-6,10H2,1-3H3,(H2,18,20,25)/b19-9-. The minimum Gasteiger partial charge on any atom is -0.490 e. The largest absolute Gasteiger partial charge is 0.490 e. The number of carbonyl (C=O) groups excluding carboxylic acids is 1. The summed E-state index contributed by atoms with van der Waals surface area (Å²) >= 11 is 7.16. The fourth-order valence-corrected chi connectivity index (χ4v) is 2.74. The third-order valence-corrected chi connectivity index (χ3v) is 3.73. The lowest BCUT2D eigenvalue weighted by atomic mass is 10.2. The molecule has 0 aliphatic rings. The number of nitrogens with zero attached hydrogens (tertiary/aromatic N) is 1. The van der Waals surface area contributed by atoms with Crippen molar-refractivity contribution in [3.63, 3.8) is 0 Å². The SMILES string of the molecule is CCNC(=S)N/N=C\c1cc(I)c(OCC(=O)OCC)c(OCC)c1. The molecule has 1 aromatic carbocycles. The molecule has 1 rings (SSSR count). The monoisotopic (exact) mass is 479 g/mol. The third-order valence-electron chi connectivity index (χ3n) is 2.69. The lowest BCUT2D eigenvalue weighted by Crippen LogP contribution is -2.31. The molecule has 0 fully saturated rings. The van der Waals surface area contributed by atoms with Crippen LogP contribution in [0.3, 0.4) is 0 Å². The van der Waals surface area contributed by atoms with E-state index >= 15 is 0 Å². The predicted octanol–water partition coefficient (Wildman–Crippen LogP) is 2.45. The molecule has 0 spiro atoms. The van der Waals surface area contributed by atoms with Crippen molar-refractivity contribution in [1.29, 1.82) is 0 Å². The van der Waals surface area contributed by atoms with Crippen molar-refractivity contribution >= 4 is 52.1 Å². The molecule has 0 amide bonds. The predicted molar refractivity (Wildman–Crippen MR) is 109 cm³/mol. The van der Waals surface area contributed by atoms with Crippen LogP contribution >= 0.6 is 34.8 Å². The van der Waals surface area contributed by atoms with Gasteiger partial charge in [-0.15, -0.1) is 0 Å². The quantitative estimate of drug-likeness (QED) is 0.185. The fraction of sp³-hybridized carbons (Fsp3) is 0.438. The minimum atomic E-state index is -0.424. The van der Waals surface area contributed by atoms with Gasteiger partial charge in [0.2, 0.25) is 0 Å². The summed E-state index contributed by atoms with van der Waals surface area (Å²) < 4.78 is 16.8. The molecular formula is C16H22IN3O4S. The summed E-state index contributed by atoms with van der Waals surface area (Å²) in [4.78, 5) is 11.5. The summed E-state index contributed by atoms with van der Waals surface area (Å²) in [5.74, 6) is 0.616. The minimum absolute atomic E-state index is 0.171. The zero-order chi connectivity index (χ0) is 18.7. The highest BCUT2D eigenvalue weighted by atomic mass is 127. The number of nitrogens with one attached hydrogen (secondary N) is 2. The number of halogens is 1. The molecule has 0 heterocycles. The lowest BCUT2D eigenvalue weighted by molar-refractivity contribution is -0.145. The van der Waals surface area contributed by atoms with E-state index in [-0.39, 0.29) is 6.61 Å². The summed E-state index contributed by atoms with van der Waals surface area (Å²) in [7, 11) is 0. The van der Waals surface area contributed by atoms with Crippen LogP contribution in [0, 0.1) is 3.57 Å². The van der Waals surface area contributed by atoms with E-state index in [2.05, 4.69) is 38.4 Å². The van der Waals surface area contributed by atoms with Gasteiger partial charge >= 0.3 is 5.97 Å². The average molecular weight is 479 g/mol. The van der Waals surface area contributed by atoms with E-state index in [0.717, 1.165) is 15.7 Å². The van der Waals surface area contributed by atoms with Crippen molar-refractivity contribution < 1.29 is 19.0 Å². The van der Waals surface area contributed by atoms with Crippen LogP contribution in [0.25, 0.3) is 0 Å². The topological polar surface area (TPSA) is 81.2 Å². The third kappa shape index (κ3) is 7.86. The van der Waals surface area contributed by atoms with E-state index in [9.17, 15) is 4.79 Å². The Morgan fingerprint density at radius 1 is 1.28 bits per heavy atom. The summed E-state index contributed by atoms with van der Waals surface area (Å²) in [5, 5.41) is 7.47. The molecule has 7 nitrogen and oxygen atoms in total. The highest BCUT2D eigenvalue weighted by Gasteiger charge is 2.14. The molecule has 0 saturated heterocycles. The van der Waals surface area contributed by atoms with Crippen LogP contribution in [0.15, 0.2) is 17.2 Å². The second-order valence-corrected chi connectivity index (χ2v) is 6.16. The Hall–Kier alpha value is -1.62. The molecule has 0 bridgehead atoms. The molecule has 0 atom stereocenters. The van der Waals surface area contributed by atoms with Crippen LogP contribution in [0.5, 0.6) is 11.5 Å². The number of rotatable bonds is 9. The molecule has 0 radical (unpaired) electrons. The van der Waals surface area contributed by atoms with Crippen LogP contribution in [0.2, 0.25) is 0 Å². The summed E-state index contributed by atoms with van der Waals surface area (Å²) in [5.41, 5.74) is 3.53. The number of hydrogen-bond donors (Lipinski definition) is 2. The van der Waals surface area contributed by atoms with Crippen LogP contribution in [0.1, 0.15) is 26.3 Å². The Bertz CT molecular complexity index is 626. The van der Waals surface area contributed by atoms with Crippen LogP contribution in [0.4, 0.5) is 0 Å². The van der Waals surface area contributed by atoms with E-state index in [1.165, 1.54) is 0 Å². The van der Waals surface area contributed by atoms with Gasteiger partial charge in [0.05, 0.1) is 23.0 Å². The van der Waals surface area contributed by atoms with Gasteiger partial charge in [-0.1, -0.05) is 0 Å². The summed E-state index contributed by atoms with van der Waals surface area (Å²) in [6, 6.07) is 3.65. The first-order valence-electron chi connectivity index (χ1n) is 7.83. The number of carbonyl (C=O) groups is 1. The molecular weight excluding hydrogens is 457 g/mol. The number of hydrazone groups is 1. The van der Waals surface area contributed by atoms with E-state index in [1.54, 1.807) is 19.2 Å². The maximum atomic E-state index is 11.5. The Kier molecular flexibility index (Phi) is 10.2. The molecule has 0 aromatic heterocycles. The van der Waals surface area contributed by atoms with Crippen molar-refractivity contribution in [2.75, 3.05) is 26.4 Å². The van der Waals surface area contributed by atoms with Gasteiger partial charge in [0.1, 0.15) is 0 Å². The van der Waals surface area contributed by atoms with Crippen molar-refractivity contribution in [1.82, 2.24) is 10.7 Å². The zero-order valence-corrected chi connectivity index (χ0v) is 17.4. The van der Waals surface area contributed by atoms with Gasteiger partial charge in [-0.3, -0.25) is 5.43 Å². The van der Waals surface area contributed by atoms with Crippen molar-refractivity contribution in [3.05, 3.63) is 21.3 Å². The molecule has 0 aliphatic heterocycles. The van der Waals surface area contributed by atoms with Crippen LogP contribution in [-0.4, -0.2) is 43.7 Å². The maximum absolute atomic E-state index is 11.5. The van der Waals surface area contributed by atoms with Crippen molar-refractivity contribution in [3.8, 4) is 11.5 Å². The van der Waals surface area contributed by atoms with E-state index < -0.39 is 5.97 Å². The van der Waals surface area contributed by atoms with E-state index in [4.69, 9.17) is 26.4 Å². The van der Waals surface area contributed by atoms with Crippen molar-refractivity contribution in [2.45, 2.75) is 20.8 Å². The highest BCUT2D eigenvalue weighted by Crippen LogP contribution is 2.33. The van der Waals surface area contributed by atoms with Gasteiger partial charge in [-0.05, 0) is 73.3 Å². The average Bonchev–Trinajstić information content (AvgIpc) is 2.55. The Morgan fingerprint density at radius 3 is 2.68 bits per heavy atom. The van der Waals surface area contributed by atoms with Gasteiger partial charge in [-0.2, -0.15) is 5.10 Å². The van der Waals surface area contributed by atoms with E-state index in [0.29, 0.717) is 29.8 Å². The van der Waals surface area contributed by atoms with Crippen LogP contribution in [-0.2, 0) is 9.53 Å². The van der Waals surface area contributed by atoms with Gasteiger partial charge in [0.25, 0.3) is 0 Å². The van der Waals surface area contributed by atoms with Gasteiger partial charge in [-0.25, -0.2) is 4.79 Å². The molecule has 25 heavy (non-hydrogen) atoms. The molecule has 0 aliphatic carbocycles. The number of benzene rings is 1. The maximum Gasteiger partial charge on any atom is 0.344 e. The lowest BCUT2D eigenvalue weighted by Gasteiger charge is -2.14. The van der Waals surface area contributed by atoms with Crippen molar-refractivity contribution in [2.24, 2.45) is 5.10 Å². The second-order valence-electron chi connectivity index (χ2n) is 4.59. The number of hydrogen-bond acceptors (Lipinski definition) is 6. The fourth-order valence-electron chi connectivity index (χ4n) is 1.76. The molecule has 2 N–H and O–H groups in total. The Balaban J connectivity index is 2.88. The smallest absolute Gasteiger partial charge is 0.344 e.